The van der Waals surface area contributed by atoms with E-state index in [9.17, 15) is 0 Å². The van der Waals surface area contributed by atoms with Gasteiger partial charge in [-0.3, -0.25) is 9.55 Å². The zero-order valence-electron chi connectivity index (χ0n) is 32.5. The first kappa shape index (κ1) is 28.6. The fourth-order valence-corrected chi connectivity index (χ4v) is 8.12. The molecule has 3 heterocycles. The normalized spacial score (nSPS) is 18.5. The zero-order valence-corrected chi connectivity index (χ0v) is 29.5. The highest BCUT2D eigenvalue weighted by molar-refractivity contribution is 6.10. The maximum absolute atomic E-state index is 8.19. The molecule has 0 aliphatic heterocycles. The third-order valence-corrected chi connectivity index (χ3v) is 10.8. The van der Waals surface area contributed by atoms with Crippen molar-refractivity contribution in [2.24, 2.45) is 11.3 Å². The number of nitrogens with zero attached hydrogens (tertiary/aromatic N) is 3. The van der Waals surface area contributed by atoms with Gasteiger partial charge in [0, 0.05) is 38.9 Å². The van der Waals surface area contributed by atoms with E-state index in [2.05, 4.69) is 82.3 Å². The van der Waals surface area contributed by atoms with Crippen molar-refractivity contribution in [2.45, 2.75) is 66.7 Å². The van der Waals surface area contributed by atoms with Crippen LogP contribution in [0.15, 0.2) is 116 Å². The molecule has 4 heteroatoms. The molecule has 0 spiro atoms. The van der Waals surface area contributed by atoms with Crippen molar-refractivity contribution in [3.63, 3.8) is 0 Å². The second-order valence-corrected chi connectivity index (χ2v) is 15.0. The quantitative estimate of drug-likeness (QED) is 0.178. The Bertz CT molecular complexity index is 2480. The molecule has 0 saturated heterocycles. The average Bonchev–Trinajstić information content (AvgIpc) is 3.45. The van der Waals surface area contributed by atoms with Gasteiger partial charge in [-0.2, -0.15) is 0 Å². The highest BCUT2D eigenvalue weighted by Gasteiger charge is 2.34. The molecular formula is C46H45N3O. The van der Waals surface area contributed by atoms with Crippen molar-refractivity contribution in [1.29, 1.82) is 0 Å². The van der Waals surface area contributed by atoms with Crippen molar-refractivity contribution in [3.05, 3.63) is 138 Å². The van der Waals surface area contributed by atoms with Crippen molar-refractivity contribution < 1.29 is 8.85 Å². The Kier molecular flexibility index (Phi) is 7.20. The van der Waals surface area contributed by atoms with Gasteiger partial charge in [-0.25, -0.2) is 4.98 Å². The van der Waals surface area contributed by atoms with E-state index in [-0.39, 0.29) is 5.56 Å². The Morgan fingerprint density at radius 2 is 1.52 bits per heavy atom. The number of pyridine rings is 2. The largest absolute Gasteiger partial charge is 0.457 e. The van der Waals surface area contributed by atoms with Gasteiger partial charge < -0.3 is 4.74 Å². The molecule has 1 aliphatic carbocycles. The van der Waals surface area contributed by atoms with Crippen LogP contribution in [0.2, 0.25) is 0 Å². The molecule has 7 aromatic rings. The first-order valence-electron chi connectivity index (χ1n) is 19.2. The van der Waals surface area contributed by atoms with Gasteiger partial charge in [-0.15, -0.1) is 0 Å². The summed E-state index contributed by atoms with van der Waals surface area (Å²) in [4.78, 5) is 9.63. The van der Waals surface area contributed by atoms with Crippen LogP contribution in [0.25, 0.3) is 50.0 Å². The number of benzene rings is 4. The third-order valence-electron chi connectivity index (χ3n) is 10.8. The molecule has 3 aromatic heterocycles. The summed E-state index contributed by atoms with van der Waals surface area (Å²) in [5.41, 5.74) is 9.98. The van der Waals surface area contributed by atoms with E-state index in [0.717, 1.165) is 44.2 Å². The fraction of sp³-hybridized carbons (Fsp3) is 0.261. The second kappa shape index (κ2) is 12.6. The first-order chi connectivity index (χ1) is 25.3. The summed E-state index contributed by atoms with van der Waals surface area (Å²) in [5.74, 6) is 3.08. The van der Waals surface area contributed by atoms with Gasteiger partial charge in [0.25, 0.3) is 0 Å². The Hall–Kier alpha value is -5.22. The van der Waals surface area contributed by atoms with Gasteiger partial charge in [-0.1, -0.05) is 69.3 Å². The minimum absolute atomic E-state index is 0.289. The molecule has 0 bridgehead atoms. The van der Waals surface area contributed by atoms with Crippen molar-refractivity contribution in [2.75, 3.05) is 0 Å². The van der Waals surface area contributed by atoms with E-state index in [1.807, 2.05) is 53.2 Å². The zero-order chi connectivity index (χ0) is 37.1. The summed E-state index contributed by atoms with van der Waals surface area (Å²) in [5, 5.41) is 2.07. The lowest BCUT2D eigenvalue weighted by atomic mass is 9.65. The molecule has 0 N–H and O–H groups in total. The van der Waals surface area contributed by atoms with E-state index in [4.69, 9.17) is 18.8 Å². The molecule has 1 aliphatic rings. The smallest absolute Gasteiger partial charge is 0.137 e. The highest BCUT2D eigenvalue weighted by Crippen LogP contribution is 2.47. The van der Waals surface area contributed by atoms with Crippen LogP contribution in [0.1, 0.15) is 72.3 Å². The van der Waals surface area contributed by atoms with Crippen LogP contribution in [-0.2, 0) is 0 Å². The molecule has 50 heavy (non-hydrogen) atoms. The fourth-order valence-electron chi connectivity index (χ4n) is 8.12. The van der Waals surface area contributed by atoms with Crippen LogP contribution >= 0.6 is 0 Å². The SMILES string of the molecule is [2H]C([2H])([2H])c1cc(-n2c3ccc(-c4ccccc4)cc3c3ccc(Oc4cccc(-c5cc(C6CCC(C)(C)CC6C)c(C)cn5)c4)cc32)ncc1C. The maximum atomic E-state index is 8.19. The maximum Gasteiger partial charge on any atom is 0.137 e. The number of hydrogen-bond acceptors (Lipinski definition) is 3. The number of aromatic nitrogens is 3. The molecule has 0 amide bonds. The molecule has 4 nitrogen and oxygen atoms in total. The van der Waals surface area contributed by atoms with E-state index in [1.54, 1.807) is 19.2 Å². The summed E-state index contributed by atoms with van der Waals surface area (Å²) in [6.07, 6.45) is 7.34. The summed E-state index contributed by atoms with van der Waals surface area (Å²) in [7, 11) is 0. The topological polar surface area (TPSA) is 39.9 Å². The number of hydrogen-bond donors (Lipinski definition) is 0. The van der Waals surface area contributed by atoms with Gasteiger partial charge in [0.2, 0.25) is 0 Å². The molecule has 1 saturated carbocycles. The molecule has 2 atom stereocenters. The summed E-state index contributed by atoms with van der Waals surface area (Å²) in [6.45, 7) is 8.90. The Labute approximate surface area is 300 Å². The van der Waals surface area contributed by atoms with Gasteiger partial charge in [0.15, 0.2) is 0 Å². The van der Waals surface area contributed by atoms with Crippen LogP contribution in [0.5, 0.6) is 11.5 Å². The molecule has 0 radical (unpaired) electrons. The van der Waals surface area contributed by atoms with Gasteiger partial charge >= 0.3 is 0 Å². The first-order valence-corrected chi connectivity index (χ1v) is 17.7. The van der Waals surface area contributed by atoms with Gasteiger partial charge in [0.1, 0.15) is 17.3 Å². The summed E-state index contributed by atoms with van der Waals surface area (Å²) in [6, 6.07) is 35.0. The Morgan fingerprint density at radius 1 is 0.720 bits per heavy atom. The monoisotopic (exact) mass is 658 g/mol. The van der Waals surface area contributed by atoms with Crippen LogP contribution in [-0.4, -0.2) is 14.5 Å². The van der Waals surface area contributed by atoms with Gasteiger partial charge in [-0.05, 0) is 139 Å². The van der Waals surface area contributed by atoms with E-state index < -0.39 is 6.85 Å². The lowest BCUT2D eigenvalue weighted by molar-refractivity contribution is 0.167. The van der Waals surface area contributed by atoms with E-state index >= 15 is 0 Å². The summed E-state index contributed by atoms with van der Waals surface area (Å²) < 4.78 is 33.2. The lowest BCUT2D eigenvalue weighted by Crippen LogP contribution is -2.27. The van der Waals surface area contributed by atoms with E-state index in [0.29, 0.717) is 40.1 Å². The Morgan fingerprint density at radius 3 is 2.34 bits per heavy atom. The number of fused-ring (bicyclic) bond motifs is 3. The highest BCUT2D eigenvalue weighted by atomic mass is 16.5. The molecule has 4 aromatic carbocycles. The minimum atomic E-state index is -2.26. The molecule has 2 unspecified atom stereocenters. The average molecular weight is 659 g/mol. The molecule has 8 rings (SSSR count). The molecular weight excluding hydrogens is 611 g/mol. The van der Waals surface area contributed by atoms with E-state index in [1.165, 1.54) is 30.4 Å². The van der Waals surface area contributed by atoms with Crippen molar-refractivity contribution in [3.8, 4) is 39.7 Å². The van der Waals surface area contributed by atoms with Gasteiger partial charge in [0.05, 0.1) is 16.7 Å². The Balaban J connectivity index is 1.19. The van der Waals surface area contributed by atoms with Crippen LogP contribution < -0.4 is 4.74 Å². The standard InChI is InChI=1S/C46H45N3O/c1-29-21-45(48-27-31(29)3)49-43-18-15-34(33-11-8-7-9-12-33)23-41(43)39-17-16-37(24-44(39)49)50-36-14-10-13-35(22-36)42-25-40(32(4)28-47-42)38-19-20-46(5,6)26-30(38)2/h7-18,21-25,27-28,30,38H,19-20,26H2,1-6H3/i1D3. The predicted molar refractivity (Wildman–Crippen MR) is 208 cm³/mol. The molecule has 1 fully saturated rings. The van der Waals surface area contributed by atoms with Crippen molar-refractivity contribution in [1.82, 2.24) is 14.5 Å². The molecule has 250 valence electrons. The van der Waals surface area contributed by atoms with Crippen LogP contribution in [0.3, 0.4) is 0 Å². The lowest BCUT2D eigenvalue weighted by Gasteiger charge is -2.40. The summed E-state index contributed by atoms with van der Waals surface area (Å²) >= 11 is 0. The predicted octanol–water partition coefficient (Wildman–Crippen LogP) is 12.6. The number of ether oxygens (including phenoxy) is 1. The van der Waals surface area contributed by atoms with Crippen molar-refractivity contribution >= 4 is 21.8 Å². The minimum Gasteiger partial charge on any atom is -0.457 e. The number of rotatable bonds is 6. The number of aryl methyl sites for hydroxylation is 3. The second-order valence-electron chi connectivity index (χ2n) is 15.0. The van der Waals surface area contributed by atoms with Crippen LogP contribution in [0.4, 0.5) is 0 Å². The third kappa shape index (κ3) is 5.98. The van der Waals surface area contributed by atoms with Crippen LogP contribution in [0, 0.1) is 32.0 Å².